The summed E-state index contributed by atoms with van der Waals surface area (Å²) in [5.41, 5.74) is -0.199. The summed E-state index contributed by atoms with van der Waals surface area (Å²) in [5, 5.41) is 11.1. The summed E-state index contributed by atoms with van der Waals surface area (Å²) in [7, 11) is 1.74. The number of methoxy groups -OCH3 is 1. The lowest BCUT2D eigenvalue weighted by Gasteiger charge is -2.58. The van der Waals surface area contributed by atoms with E-state index in [0.717, 1.165) is 49.4 Å². The van der Waals surface area contributed by atoms with E-state index in [-0.39, 0.29) is 0 Å². The van der Waals surface area contributed by atoms with Crippen LogP contribution in [0, 0.1) is 46.8 Å². The molecule has 4 fully saturated rings. The quantitative estimate of drug-likeness (QED) is 0.623. The number of carbonyl (C=O) groups excluding carboxylic acids is 1. The summed E-state index contributed by atoms with van der Waals surface area (Å²) in [6.45, 7) is 7.24. The molecule has 0 unspecified atom stereocenters. The maximum absolute atomic E-state index is 12.6. The topological polar surface area (TPSA) is 46.5 Å². The van der Waals surface area contributed by atoms with E-state index in [1.165, 1.54) is 44.9 Å². The molecule has 0 bridgehead atoms. The Bertz CT molecular complexity index is 601. The highest BCUT2D eigenvalue weighted by Crippen LogP contribution is 2.66. The normalized spacial score (nSPS) is 46.8. The first kappa shape index (κ1) is 21.8. The number of rotatable bonds is 6. The van der Waals surface area contributed by atoms with Crippen molar-refractivity contribution in [1.29, 1.82) is 0 Å². The number of hydrogen-bond donors (Lipinski definition) is 1. The third-order valence-corrected chi connectivity index (χ3v) is 9.87. The predicted octanol–water partition coefficient (Wildman–Crippen LogP) is 5.64. The standard InChI is InChI=1S/C26H44O3/c1-17(2)15-26-12-10-21-20-9-11-25(28,13-14-29-4)16-19(20)5-6-22(21)24(26)8-7-23(26)18(3)27/h17,19-24,28H,5-16H2,1-4H3/t19-,20+,21-,22-,23-,24+,25+,26+/m1/s1. The van der Waals surface area contributed by atoms with E-state index < -0.39 is 5.60 Å². The van der Waals surface area contributed by atoms with Crippen LogP contribution in [0.4, 0.5) is 0 Å². The second-order valence-electron chi connectivity index (χ2n) is 11.8. The maximum Gasteiger partial charge on any atom is 0.133 e. The van der Waals surface area contributed by atoms with Crippen molar-refractivity contribution in [2.75, 3.05) is 13.7 Å². The first-order chi connectivity index (χ1) is 13.8. The Labute approximate surface area is 178 Å². The lowest BCUT2D eigenvalue weighted by Crippen LogP contribution is -2.52. The fraction of sp³-hybridized carbons (Fsp3) is 0.962. The third-order valence-electron chi connectivity index (χ3n) is 9.87. The van der Waals surface area contributed by atoms with E-state index in [1.54, 1.807) is 7.11 Å². The summed E-state index contributed by atoms with van der Waals surface area (Å²) >= 11 is 0. The second-order valence-corrected chi connectivity index (χ2v) is 11.8. The molecule has 0 heterocycles. The van der Waals surface area contributed by atoms with Crippen LogP contribution in [0.25, 0.3) is 0 Å². The van der Waals surface area contributed by atoms with Gasteiger partial charge in [-0.3, -0.25) is 4.79 Å². The van der Waals surface area contributed by atoms with Gasteiger partial charge in [0.1, 0.15) is 5.78 Å². The minimum atomic E-state index is -0.493. The zero-order chi connectivity index (χ0) is 20.8. The molecule has 0 radical (unpaired) electrons. The fourth-order valence-corrected chi connectivity index (χ4v) is 9.06. The molecule has 0 aromatic heterocycles. The van der Waals surface area contributed by atoms with Gasteiger partial charge in [-0.15, -0.1) is 0 Å². The molecular weight excluding hydrogens is 360 g/mol. The van der Waals surface area contributed by atoms with Crippen LogP contribution in [0.1, 0.15) is 91.4 Å². The summed E-state index contributed by atoms with van der Waals surface area (Å²) in [6, 6.07) is 0. The van der Waals surface area contributed by atoms with Crippen LogP contribution in [0.5, 0.6) is 0 Å². The van der Waals surface area contributed by atoms with Crippen molar-refractivity contribution in [3.8, 4) is 0 Å². The first-order valence-electron chi connectivity index (χ1n) is 12.5. The van der Waals surface area contributed by atoms with Crippen molar-refractivity contribution in [2.24, 2.45) is 46.8 Å². The van der Waals surface area contributed by atoms with E-state index in [4.69, 9.17) is 4.74 Å². The number of aliphatic hydroxyl groups is 1. The van der Waals surface area contributed by atoms with Crippen LogP contribution in [0.2, 0.25) is 0 Å². The predicted molar refractivity (Wildman–Crippen MR) is 117 cm³/mol. The summed E-state index contributed by atoms with van der Waals surface area (Å²) in [5.74, 6) is 5.42. The molecule has 29 heavy (non-hydrogen) atoms. The van der Waals surface area contributed by atoms with Crippen molar-refractivity contribution in [1.82, 2.24) is 0 Å². The van der Waals surface area contributed by atoms with E-state index in [9.17, 15) is 9.90 Å². The zero-order valence-corrected chi connectivity index (χ0v) is 19.3. The molecule has 0 spiro atoms. The second kappa shape index (κ2) is 8.26. The maximum atomic E-state index is 12.6. The SMILES string of the molecule is COCC[C@@]1(O)CC[C@H]2[C@H](CC[C@@H]3[C@@H]2CC[C@]2(CC(C)C)[C@@H](C(C)=O)CC[C@@H]32)C1. The molecule has 4 rings (SSSR count). The number of carbonyl (C=O) groups is 1. The molecule has 3 nitrogen and oxygen atoms in total. The molecule has 4 aliphatic carbocycles. The summed E-state index contributed by atoms with van der Waals surface area (Å²) in [6.07, 6.45) is 12.8. The van der Waals surface area contributed by atoms with Crippen LogP contribution >= 0.6 is 0 Å². The van der Waals surface area contributed by atoms with Crippen molar-refractivity contribution in [3.63, 3.8) is 0 Å². The Morgan fingerprint density at radius 1 is 1.03 bits per heavy atom. The molecule has 8 atom stereocenters. The first-order valence-corrected chi connectivity index (χ1v) is 12.5. The third kappa shape index (κ3) is 3.84. The Kier molecular flexibility index (Phi) is 6.21. The molecule has 0 aromatic rings. The fourth-order valence-electron chi connectivity index (χ4n) is 9.06. The van der Waals surface area contributed by atoms with Gasteiger partial charge in [0.15, 0.2) is 0 Å². The van der Waals surface area contributed by atoms with Crippen LogP contribution < -0.4 is 0 Å². The Morgan fingerprint density at radius 2 is 1.79 bits per heavy atom. The van der Waals surface area contributed by atoms with Gasteiger partial charge in [0.2, 0.25) is 0 Å². The molecule has 0 saturated heterocycles. The Morgan fingerprint density at radius 3 is 2.48 bits per heavy atom. The molecule has 1 N–H and O–H groups in total. The van der Waals surface area contributed by atoms with Gasteiger partial charge in [-0.25, -0.2) is 0 Å². The Hall–Kier alpha value is -0.410. The van der Waals surface area contributed by atoms with Crippen molar-refractivity contribution in [2.45, 2.75) is 97.0 Å². The molecule has 4 saturated carbocycles. The Balaban J connectivity index is 1.52. The largest absolute Gasteiger partial charge is 0.390 e. The number of fused-ring (bicyclic) bond motifs is 5. The lowest BCUT2D eigenvalue weighted by molar-refractivity contribution is -0.135. The number of hydrogen-bond acceptors (Lipinski definition) is 3. The van der Waals surface area contributed by atoms with Crippen LogP contribution in [-0.4, -0.2) is 30.2 Å². The van der Waals surface area contributed by atoms with E-state index in [2.05, 4.69) is 13.8 Å². The molecular formula is C26H44O3. The molecule has 0 aliphatic heterocycles. The van der Waals surface area contributed by atoms with E-state index in [0.29, 0.717) is 35.6 Å². The van der Waals surface area contributed by atoms with Crippen molar-refractivity contribution >= 4 is 5.78 Å². The summed E-state index contributed by atoms with van der Waals surface area (Å²) in [4.78, 5) is 12.6. The highest BCUT2D eigenvalue weighted by Gasteiger charge is 2.60. The molecule has 0 aromatic carbocycles. The highest BCUT2D eigenvalue weighted by molar-refractivity contribution is 5.79. The number of ketones is 1. The average molecular weight is 405 g/mol. The molecule has 0 amide bonds. The van der Waals surface area contributed by atoms with Crippen LogP contribution in [-0.2, 0) is 9.53 Å². The monoisotopic (exact) mass is 404 g/mol. The van der Waals surface area contributed by atoms with Gasteiger partial charge in [0.05, 0.1) is 5.60 Å². The van der Waals surface area contributed by atoms with Gasteiger partial charge < -0.3 is 9.84 Å². The molecule has 166 valence electrons. The smallest absolute Gasteiger partial charge is 0.133 e. The lowest BCUT2D eigenvalue weighted by atomic mass is 9.47. The van der Waals surface area contributed by atoms with Crippen molar-refractivity contribution < 1.29 is 14.6 Å². The van der Waals surface area contributed by atoms with Gasteiger partial charge in [-0.05, 0) is 118 Å². The van der Waals surface area contributed by atoms with Crippen LogP contribution in [0.15, 0.2) is 0 Å². The van der Waals surface area contributed by atoms with Gasteiger partial charge in [0.25, 0.3) is 0 Å². The van der Waals surface area contributed by atoms with Crippen molar-refractivity contribution in [3.05, 3.63) is 0 Å². The van der Waals surface area contributed by atoms with Gasteiger partial charge in [-0.1, -0.05) is 13.8 Å². The highest BCUT2D eigenvalue weighted by atomic mass is 16.5. The van der Waals surface area contributed by atoms with E-state index in [1.807, 2.05) is 6.92 Å². The minimum absolute atomic E-state index is 0.294. The van der Waals surface area contributed by atoms with Gasteiger partial charge in [0, 0.05) is 19.6 Å². The summed E-state index contributed by atoms with van der Waals surface area (Å²) < 4.78 is 5.26. The van der Waals surface area contributed by atoms with Gasteiger partial charge >= 0.3 is 0 Å². The minimum Gasteiger partial charge on any atom is -0.390 e. The zero-order valence-electron chi connectivity index (χ0n) is 19.3. The molecule has 3 heteroatoms. The van der Waals surface area contributed by atoms with Gasteiger partial charge in [-0.2, -0.15) is 0 Å². The van der Waals surface area contributed by atoms with Crippen LogP contribution in [0.3, 0.4) is 0 Å². The average Bonchev–Trinajstić information content (AvgIpc) is 3.04. The number of ether oxygens (including phenoxy) is 1. The van der Waals surface area contributed by atoms with E-state index >= 15 is 0 Å². The molecule has 4 aliphatic rings. The number of Topliss-reactive ketones (excluding diaryl/α,β-unsaturated/α-hetero) is 1.